The number of unbranched alkanes of at least 4 members (excludes halogenated alkanes) is 1. The average molecular weight is 269 g/mol. The smallest absolute Gasteiger partial charge is 0.169 e. The summed E-state index contributed by atoms with van der Waals surface area (Å²) >= 11 is 5.45. The molecule has 0 aromatic rings. The Morgan fingerprint density at radius 3 is 2.72 bits per heavy atom. The second-order valence-electron chi connectivity index (χ2n) is 5.78. The molecule has 1 aliphatic heterocycles. The molecule has 0 aromatic carbocycles. The van der Waals surface area contributed by atoms with Crippen molar-refractivity contribution in [3.63, 3.8) is 0 Å². The van der Waals surface area contributed by atoms with Crippen molar-refractivity contribution >= 4 is 17.3 Å². The molecule has 1 saturated heterocycles. The van der Waals surface area contributed by atoms with Crippen LogP contribution in [0.1, 0.15) is 51.4 Å². The molecule has 0 spiro atoms. The molecule has 0 aromatic heterocycles. The molecule has 2 fully saturated rings. The molecule has 2 rings (SSSR count). The van der Waals surface area contributed by atoms with Gasteiger partial charge in [0, 0.05) is 19.1 Å². The van der Waals surface area contributed by atoms with Gasteiger partial charge in [0.2, 0.25) is 0 Å². The first-order chi connectivity index (χ1) is 8.81. The van der Waals surface area contributed by atoms with E-state index in [0.29, 0.717) is 6.04 Å². The number of hydrogen-bond acceptors (Lipinski definition) is 2. The van der Waals surface area contributed by atoms with Crippen LogP contribution in [0.25, 0.3) is 0 Å². The van der Waals surface area contributed by atoms with Crippen LogP contribution in [-0.2, 0) is 0 Å². The minimum absolute atomic E-state index is 0.617. The quantitative estimate of drug-likeness (QED) is 0.573. The molecule has 1 saturated carbocycles. The number of thiocarbonyl (C=S) groups is 1. The third kappa shape index (κ3) is 3.82. The van der Waals surface area contributed by atoms with Gasteiger partial charge in [-0.3, -0.25) is 0 Å². The van der Waals surface area contributed by atoms with Gasteiger partial charge in [-0.25, -0.2) is 0 Å². The zero-order chi connectivity index (χ0) is 12.8. The van der Waals surface area contributed by atoms with Crippen molar-refractivity contribution in [1.29, 1.82) is 0 Å². The lowest BCUT2D eigenvalue weighted by molar-refractivity contribution is 0.240. The summed E-state index contributed by atoms with van der Waals surface area (Å²) in [5, 5.41) is 4.35. The molecule has 0 radical (unpaired) electrons. The third-order valence-electron chi connectivity index (χ3n) is 4.36. The van der Waals surface area contributed by atoms with Crippen molar-refractivity contribution < 1.29 is 0 Å². The molecular weight excluding hydrogens is 242 g/mol. The summed E-state index contributed by atoms with van der Waals surface area (Å²) in [4.78, 5) is 2.46. The van der Waals surface area contributed by atoms with Gasteiger partial charge in [0.1, 0.15) is 0 Å². The minimum atomic E-state index is 0.617. The van der Waals surface area contributed by atoms with E-state index in [1.165, 1.54) is 51.5 Å². The van der Waals surface area contributed by atoms with Crippen LogP contribution in [0.4, 0.5) is 0 Å². The molecule has 104 valence electrons. The van der Waals surface area contributed by atoms with Gasteiger partial charge in [0.25, 0.3) is 0 Å². The largest absolute Gasteiger partial charge is 0.360 e. The predicted molar refractivity (Wildman–Crippen MR) is 80.6 cm³/mol. The molecule has 0 unspecified atom stereocenters. The maximum atomic E-state index is 5.57. The van der Waals surface area contributed by atoms with Crippen LogP contribution in [-0.4, -0.2) is 35.7 Å². The second-order valence-corrected chi connectivity index (χ2v) is 6.17. The molecule has 18 heavy (non-hydrogen) atoms. The van der Waals surface area contributed by atoms with Gasteiger partial charge >= 0.3 is 0 Å². The van der Waals surface area contributed by atoms with E-state index in [0.717, 1.165) is 30.5 Å². The summed E-state index contributed by atoms with van der Waals surface area (Å²) in [6, 6.07) is 0.617. The van der Waals surface area contributed by atoms with Crippen molar-refractivity contribution in [2.24, 2.45) is 11.7 Å². The molecule has 1 heterocycles. The fourth-order valence-electron chi connectivity index (χ4n) is 3.24. The van der Waals surface area contributed by atoms with Gasteiger partial charge < -0.3 is 16.0 Å². The molecule has 3 N–H and O–H groups in total. The van der Waals surface area contributed by atoms with Crippen molar-refractivity contribution in [2.45, 2.75) is 57.4 Å². The maximum absolute atomic E-state index is 5.57. The lowest BCUT2D eigenvalue weighted by atomic mass is 9.88. The second kappa shape index (κ2) is 7.29. The first kappa shape index (κ1) is 14.1. The Hall–Kier alpha value is -0.350. The highest BCUT2D eigenvalue weighted by atomic mass is 32.1. The highest BCUT2D eigenvalue weighted by Gasteiger charge is 2.29. The van der Waals surface area contributed by atoms with Crippen molar-refractivity contribution in [3.05, 3.63) is 0 Å². The molecule has 0 amide bonds. The Kier molecular flexibility index (Phi) is 5.70. The lowest BCUT2D eigenvalue weighted by Crippen LogP contribution is -2.38. The average Bonchev–Trinajstić information content (AvgIpc) is 2.73. The van der Waals surface area contributed by atoms with Crippen LogP contribution in [0.2, 0.25) is 0 Å². The van der Waals surface area contributed by atoms with E-state index in [1.54, 1.807) is 0 Å². The molecular formula is C14H27N3S. The Bertz CT molecular complexity index is 264. The van der Waals surface area contributed by atoms with Crippen LogP contribution < -0.4 is 11.1 Å². The van der Waals surface area contributed by atoms with Gasteiger partial charge in [-0.15, -0.1) is 0 Å². The highest BCUT2D eigenvalue weighted by molar-refractivity contribution is 7.80. The Balaban J connectivity index is 1.80. The molecule has 1 atom stereocenters. The summed E-state index contributed by atoms with van der Waals surface area (Å²) in [5.41, 5.74) is 5.57. The molecule has 2 aliphatic rings. The van der Waals surface area contributed by atoms with Crippen LogP contribution >= 0.6 is 12.2 Å². The normalized spacial score (nSPS) is 25.5. The van der Waals surface area contributed by atoms with E-state index in [4.69, 9.17) is 18.0 Å². The van der Waals surface area contributed by atoms with Crippen LogP contribution in [0.5, 0.6) is 0 Å². The molecule has 3 nitrogen and oxygen atoms in total. The topological polar surface area (TPSA) is 41.3 Å². The van der Waals surface area contributed by atoms with Gasteiger partial charge in [-0.1, -0.05) is 25.7 Å². The molecule has 0 bridgehead atoms. The van der Waals surface area contributed by atoms with Crippen LogP contribution in [0.15, 0.2) is 0 Å². The van der Waals surface area contributed by atoms with E-state index >= 15 is 0 Å². The molecule has 1 aliphatic carbocycles. The van der Waals surface area contributed by atoms with E-state index in [9.17, 15) is 0 Å². The summed E-state index contributed by atoms with van der Waals surface area (Å²) in [5.74, 6) is 0.869. The number of hydrogen-bond donors (Lipinski definition) is 2. The zero-order valence-corrected chi connectivity index (χ0v) is 12.2. The highest BCUT2D eigenvalue weighted by Crippen LogP contribution is 2.26. The summed E-state index contributed by atoms with van der Waals surface area (Å²) in [6.45, 7) is 3.03. The third-order valence-corrected chi connectivity index (χ3v) is 4.74. The van der Waals surface area contributed by atoms with Crippen LogP contribution in [0, 0.1) is 5.92 Å². The van der Waals surface area contributed by atoms with Crippen molar-refractivity contribution in [2.75, 3.05) is 19.6 Å². The van der Waals surface area contributed by atoms with E-state index in [-0.39, 0.29) is 0 Å². The van der Waals surface area contributed by atoms with E-state index in [2.05, 4.69) is 10.2 Å². The van der Waals surface area contributed by atoms with E-state index in [1.807, 2.05) is 0 Å². The summed E-state index contributed by atoms with van der Waals surface area (Å²) < 4.78 is 0. The first-order valence-electron chi connectivity index (χ1n) is 7.56. The fraction of sp³-hybridized carbons (Fsp3) is 0.929. The molecule has 4 heteroatoms. The maximum Gasteiger partial charge on any atom is 0.169 e. The minimum Gasteiger partial charge on any atom is -0.360 e. The Morgan fingerprint density at radius 2 is 2.00 bits per heavy atom. The first-order valence-corrected chi connectivity index (χ1v) is 7.96. The number of rotatable bonds is 6. The van der Waals surface area contributed by atoms with Gasteiger partial charge in [0.15, 0.2) is 5.11 Å². The Labute approximate surface area is 116 Å². The number of nitrogens with two attached hydrogens (primary N) is 1. The summed E-state index contributed by atoms with van der Waals surface area (Å²) in [7, 11) is 0. The predicted octanol–water partition coefficient (Wildman–Crippen LogP) is 2.25. The zero-order valence-electron chi connectivity index (χ0n) is 11.4. The number of nitrogens with zero attached hydrogens (tertiary/aromatic N) is 1. The SMILES string of the molecule is NCCCC[C@H]1CNC(=S)N1CC1CCCCC1. The van der Waals surface area contributed by atoms with Gasteiger partial charge in [-0.05, 0) is 50.4 Å². The Morgan fingerprint density at radius 1 is 1.22 bits per heavy atom. The van der Waals surface area contributed by atoms with Crippen molar-refractivity contribution in [1.82, 2.24) is 10.2 Å². The van der Waals surface area contributed by atoms with E-state index < -0.39 is 0 Å². The summed E-state index contributed by atoms with van der Waals surface area (Å²) in [6.07, 6.45) is 10.7. The fourth-order valence-corrected chi connectivity index (χ4v) is 3.55. The van der Waals surface area contributed by atoms with Gasteiger partial charge in [-0.2, -0.15) is 0 Å². The standard InChI is InChI=1S/C14H27N3S/c15-9-5-4-8-13-10-16-14(18)17(13)11-12-6-2-1-3-7-12/h12-13H,1-11,15H2,(H,16,18)/t13-/m0/s1. The van der Waals surface area contributed by atoms with Crippen LogP contribution in [0.3, 0.4) is 0 Å². The number of nitrogens with one attached hydrogen (secondary N) is 1. The lowest BCUT2D eigenvalue weighted by Gasteiger charge is -2.31. The van der Waals surface area contributed by atoms with Crippen molar-refractivity contribution in [3.8, 4) is 0 Å². The monoisotopic (exact) mass is 269 g/mol. The van der Waals surface area contributed by atoms with Gasteiger partial charge in [0.05, 0.1) is 0 Å².